The number of hydrogen-bond donors (Lipinski definition) is 2. The van der Waals surface area contributed by atoms with Crippen molar-refractivity contribution in [2.45, 2.75) is 19.9 Å². The average Bonchev–Trinajstić information content (AvgIpc) is 2.56. The molecular weight excluding hydrogens is 288 g/mol. The van der Waals surface area contributed by atoms with Crippen LogP contribution in [-0.2, 0) is 6.54 Å². The summed E-state index contributed by atoms with van der Waals surface area (Å²) in [5.74, 6) is 0.0766. The van der Waals surface area contributed by atoms with E-state index >= 15 is 0 Å². The number of anilines is 1. The van der Waals surface area contributed by atoms with Crippen molar-refractivity contribution >= 4 is 11.5 Å². The van der Waals surface area contributed by atoms with Crippen LogP contribution in [0.15, 0.2) is 48.5 Å². The topological polar surface area (TPSA) is 66.6 Å². The maximum Gasteiger partial charge on any atom is 0.164 e. The molecule has 0 aliphatic heterocycles. The number of aliphatic hydroxyl groups excluding tert-OH is 1. The van der Waals surface area contributed by atoms with Crippen molar-refractivity contribution < 1.29 is 9.90 Å². The zero-order valence-electron chi connectivity index (χ0n) is 13.5. The van der Waals surface area contributed by atoms with Gasteiger partial charge in [0.15, 0.2) is 5.78 Å². The summed E-state index contributed by atoms with van der Waals surface area (Å²) in [7, 11) is 0. The van der Waals surface area contributed by atoms with Gasteiger partial charge in [-0.3, -0.25) is 9.69 Å². The molecule has 2 aromatic rings. The van der Waals surface area contributed by atoms with Gasteiger partial charge in [-0.05, 0) is 24.1 Å². The third-order valence-electron chi connectivity index (χ3n) is 3.92. The van der Waals surface area contributed by atoms with Gasteiger partial charge < -0.3 is 10.8 Å². The molecule has 0 aliphatic carbocycles. The van der Waals surface area contributed by atoms with E-state index in [-0.39, 0.29) is 12.4 Å². The van der Waals surface area contributed by atoms with E-state index in [0.717, 1.165) is 12.1 Å². The van der Waals surface area contributed by atoms with Crippen molar-refractivity contribution in [3.63, 3.8) is 0 Å². The van der Waals surface area contributed by atoms with Crippen LogP contribution in [-0.4, -0.2) is 35.5 Å². The average molecular weight is 312 g/mol. The Bertz CT molecular complexity index is 641. The lowest BCUT2D eigenvalue weighted by atomic mass is 10.0. The van der Waals surface area contributed by atoms with Crippen LogP contribution in [0.5, 0.6) is 0 Å². The van der Waals surface area contributed by atoms with Gasteiger partial charge in [0.05, 0.1) is 6.61 Å². The van der Waals surface area contributed by atoms with Gasteiger partial charge >= 0.3 is 0 Å². The molecule has 0 saturated heterocycles. The Hall–Kier alpha value is -2.17. The molecule has 0 spiro atoms. The predicted octanol–water partition coefficient (Wildman–Crippen LogP) is 2.64. The molecule has 0 unspecified atom stereocenters. The number of nitrogens with zero attached hydrogens (tertiary/aromatic N) is 1. The van der Waals surface area contributed by atoms with Gasteiger partial charge in [-0.25, -0.2) is 0 Å². The molecule has 0 saturated carbocycles. The van der Waals surface area contributed by atoms with Gasteiger partial charge in [0.1, 0.15) is 0 Å². The number of ketones is 1. The number of carbonyl (C=O) groups excluding carboxylic acids is 1. The second kappa shape index (κ2) is 8.46. The summed E-state index contributed by atoms with van der Waals surface area (Å²) < 4.78 is 0. The van der Waals surface area contributed by atoms with Gasteiger partial charge in [-0.1, -0.05) is 42.5 Å². The molecular formula is C19H24N2O2. The number of aliphatic hydroxyl groups is 1. The standard InChI is InChI=1S/C19H24N2O2/c1-15-7-8-17(13-18(15)20)19(23)9-10-21(11-12-22)14-16-5-3-2-4-6-16/h2-8,13,22H,9-12,14,20H2,1H3. The van der Waals surface area contributed by atoms with Gasteiger partial charge in [-0.2, -0.15) is 0 Å². The SMILES string of the molecule is Cc1ccc(C(=O)CCN(CCO)Cc2ccccc2)cc1N. The minimum Gasteiger partial charge on any atom is -0.398 e. The number of Topliss-reactive ketones (excluding diaryl/α,β-unsaturated/α-hetero) is 1. The number of carbonyl (C=O) groups is 1. The number of nitrogens with two attached hydrogens (primary N) is 1. The molecule has 0 atom stereocenters. The highest BCUT2D eigenvalue weighted by molar-refractivity contribution is 5.97. The van der Waals surface area contributed by atoms with Crippen LogP contribution in [0.4, 0.5) is 5.69 Å². The van der Waals surface area contributed by atoms with E-state index in [1.54, 1.807) is 6.07 Å². The molecule has 0 aromatic heterocycles. The highest BCUT2D eigenvalue weighted by Crippen LogP contribution is 2.15. The van der Waals surface area contributed by atoms with Crippen molar-refractivity contribution in [1.82, 2.24) is 4.90 Å². The lowest BCUT2D eigenvalue weighted by Crippen LogP contribution is -2.29. The third kappa shape index (κ3) is 5.20. The summed E-state index contributed by atoms with van der Waals surface area (Å²) in [6, 6.07) is 15.5. The molecule has 122 valence electrons. The first kappa shape index (κ1) is 17.2. The zero-order valence-corrected chi connectivity index (χ0v) is 13.5. The number of aryl methyl sites for hydroxylation is 1. The van der Waals surface area contributed by atoms with Crippen molar-refractivity contribution in [1.29, 1.82) is 0 Å². The quantitative estimate of drug-likeness (QED) is 0.581. The van der Waals surface area contributed by atoms with Gasteiger partial charge in [0.2, 0.25) is 0 Å². The van der Waals surface area contributed by atoms with Crippen LogP contribution >= 0.6 is 0 Å². The first-order chi connectivity index (χ1) is 11.1. The molecule has 0 fully saturated rings. The molecule has 2 rings (SSSR count). The van der Waals surface area contributed by atoms with Crippen molar-refractivity contribution in [2.24, 2.45) is 0 Å². The van der Waals surface area contributed by atoms with Gasteiger partial charge in [-0.15, -0.1) is 0 Å². The van der Waals surface area contributed by atoms with Crippen molar-refractivity contribution in [2.75, 3.05) is 25.4 Å². The molecule has 0 heterocycles. The molecule has 4 nitrogen and oxygen atoms in total. The number of rotatable bonds is 8. The highest BCUT2D eigenvalue weighted by atomic mass is 16.3. The van der Waals surface area contributed by atoms with Gasteiger partial charge in [0, 0.05) is 37.3 Å². The Kier molecular flexibility index (Phi) is 6.32. The molecule has 0 radical (unpaired) electrons. The fourth-order valence-electron chi connectivity index (χ4n) is 2.47. The van der Waals surface area contributed by atoms with Crippen LogP contribution in [0.1, 0.15) is 27.9 Å². The van der Waals surface area contributed by atoms with Crippen LogP contribution in [0.3, 0.4) is 0 Å². The van der Waals surface area contributed by atoms with E-state index in [1.165, 1.54) is 5.56 Å². The maximum atomic E-state index is 12.3. The number of hydrogen-bond acceptors (Lipinski definition) is 4. The summed E-state index contributed by atoms with van der Waals surface area (Å²) in [5.41, 5.74) is 9.32. The van der Waals surface area contributed by atoms with E-state index in [1.807, 2.05) is 49.4 Å². The fraction of sp³-hybridized carbons (Fsp3) is 0.316. The molecule has 2 aromatic carbocycles. The minimum atomic E-state index is 0.0766. The first-order valence-corrected chi connectivity index (χ1v) is 7.86. The Morgan fingerprint density at radius 2 is 1.87 bits per heavy atom. The summed E-state index contributed by atoms with van der Waals surface area (Å²) >= 11 is 0. The van der Waals surface area contributed by atoms with Crippen LogP contribution in [0, 0.1) is 6.92 Å². The van der Waals surface area contributed by atoms with Crippen molar-refractivity contribution in [3.8, 4) is 0 Å². The second-order valence-electron chi connectivity index (χ2n) is 5.73. The lowest BCUT2D eigenvalue weighted by molar-refractivity contribution is 0.0954. The van der Waals surface area contributed by atoms with E-state index in [2.05, 4.69) is 4.90 Å². The summed E-state index contributed by atoms with van der Waals surface area (Å²) in [4.78, 5) is 14.4. The Labute approximate surface area is 137 Å². The van der Waals surface area contributed by atoms with E-state index < -0.39 is 0 Å². The van der Waals surface area contributed by atoms with E-state index in [0.29, 0.717) is 30.8 Å². The number of benzene rings is 2. The first-order valence-electron chi connectivity index (χ1n) is 7.86. The second-order valence-corrected chi connectivity index (χ2v) is 5.73. The van der Waals surface area contributed by atoms with Gasteiger partial charge in [0.25, 0.3) is 0 Å². The minimum absolute atomic E-state index is 0.0766. The van der Waals surface area contributed by atoms with Crippen LogP contribution < -0.4 is 5.73 Å². The Balaban J connectivity index is 1.95. The normalized spacial score (nSPS) is 10.9. The largest absolute Gasteiger partial charge is 0.398 e. The summed E-state index contributed by atoms with van der Waals surface area (Å²) in [6.45, 7) is 3.90. The zero-order chi connectivity index (χ0) is 16.7. The van der Waals surface area contributed by atoms with E-state index in [9.17, 15) is 9.90 Å². The Morgan fingerprint density at radius 3 is 2.52 bits per heavy atom. The Morgan fingerprint density at radius 1 is 1.13 bits per heavy atom. The molecule has 0 bridgehead atoms. The molecule has 0 amide bonds. The molecule has 23 heavy (non-hydrogen) atoms. The molecule has 3 N–H and O–H groups in total. The van der Waals surface area contributed by atoms with Crippen LogP contribution in [0.2, 0.25) is 0 Å². The number of nitrogen functional groups attached to an aromatic ring is 1. The van der Waals surface area contributed by atoms with Crippen molar-refractivity contribution in [3.05, 3.63) is 65.2 Å². The lowest BCUT2D eigenvalue weighted by Gasteiger charge is -2.21. The third-order valence-corrected chi connectivity index (χ3v) is 3.92. The maximum absolute atomic E-state index is 12.3. The molecule has 4 heteroatoms. The summed E-state index contributed by atoms with van der Waals surface area (Å²) in [6.07, 6.45) is 0.412. The fourth-order valence-corrected chi connectivity index (χ4v) is 2.47. The molecule has 0 aliphatic rings. The predicted molar refractivity (Wildman–Crippen MR) is 93.3 cm³/mol. The monoisotopic (exact) mass is 312 g/mol. The van der Waals surface area contributed by atoms with Crippen LogP contribution in [0.25, 0.3) is 0 Å². The van der Waals surface area contributed by atoms with E-state index in [4.69, 9.17) is 5.73 Å². The smallest absolute Gasteiger partial charge is 0.164 e. The highest BCUT2D eigenvalue weighted by Gasteiger charge is 2.11. The summed E-state index contributed by atoms with van der Waals surface area (Å²) in [5, 5.41) is 9.22.